The average Bonchev–Trinajstić information content (AvgIpc) is 3.14. The summed E-state index contributed by atoms with van der Waals surface area (Å²) >= 11 is 0. The number of ether oxygens (including phenoxy) is 3. The van der Waals surface area contributed by atoms with Crippen molar-refractivity contribution in [2.24, 2.45) is 0 Å². The van der Waals surface area contributed by atoms with Crippen molar-refractivity contribution < 1.29 is 19.0 Å². The fraction of sp³-hybridized carbons (Fsp3) is 0.474. The zero-order valence-electron chi connectivity index (χ0n) is 15.6. The number of carbonyl (C=O) groups excluding carboxylic acids is 1. The van der Waals surface area contributed by atoms with E-state index in [9.17, 15) is 4.79 Å². The minimum absolute atomic E-state index is 0.0816. The lowest BCUT2D eigenvalue weighted by molar-refractivity contribution is -0.124. The van der Waals surface area contributed by atoms with Crippen LogP contribution in [0.3, 0.4) is 0 Å². The van der Waals surface area contributed by atoms with Gasteiger partial charge >= 0.3 is 0 Å². The van der Waals surface area contributed by atoms with E-state index in [1.165, 1.54) is 0 Å². The SMILES string of the molecule is COc1cc2c(cc1CNC(=O)[C@@H](C)n1ccnc1C(C)C)OCCO2. The lowest BCUT2D eigenvalue weighted by atomic mass is 10.1. The molecule has 0 saturated carbocycles. The van der Waals surface area contributed by atoms with Crippen molar-refractivity contribution in [1.29, 1.82) is 0 Å². The first-order valence-corrected chi connectivity index (χ1v) is 8.78. The number of methoxy groups -OCH3 is 1. The van der Waals surface area contributed by atoms with Crippen LogP contribution in [0.4, 0.5) is 0 Å². The van der Waals surface area contributed by atoms with E-state index in [1.54, 1.807) is 19.4 Å². The molecule has 140 valence electrons. The number of amides is 1. The van der Waals surface area contributed by atoms with Gasteiger partial charge in [0.25, 0.3) is 0 Å². The molecule has 0 unspecified atom stereocenters. The third-order valence-corrected chi connectivity index (χ3v) is 4.41. The quantitative estimate of drug-likeness (QED) is 0.858. The van der Waals surface area contributed by atoms with Crippen LogP contribution in [0.15, 0.2) is 24.5 Å². The van der Waals surface area contributed by atoms with Gasteiger partial charge in [0.1, 0.15) is 30.8 Å². The first kappa shape index (κ1) is 18.1. The Bertz CT molecular complexity index is 785. The molecule has 7 heteroatoms. The van der Waals surface area contributed by atoms with Crippen molar-refractivity contribution in [2.75, 3.05) is 20.3 Å². The Kier molecular flexibility index (Phi) is 5.35. The van der Waals surface area contributed by atoms with Gasteiger partial charge in [-0.1, -0.05) is 13.8 Å². The predicted molar refractivity (Wildman–Crippen MR) is 96.9 cm³/mol. The molecule has 0 aliphatic carbocycles. The first-order chi connectivity index (χ1) is 12.5. The van der Waals surface area contributed by atoms with Crippen LogP contribution < -0.4 is 19.5 Å². The van der Waals surface area contributed by atoms with Crippen molar-refractivity contribution >= 4 is 5.91 Å². The van der Waals surface area contributed by atoms with E-state index in [0.717, 1.165) is 11.4 Å². The molecule has 3 rings (SSSR count). The van der Waals surface area contributed by atoms with E-state index in [-0.39, 0.29) is 17.9 Å². The molecule has 26 heavy (non-hydrogen) atoms. The van der Waals surface area contributed by atoms with Gasteiger partial charge in [0.2, 0.25) is 5.91 Å². The predicted octanol–water partition coefficient (Wildman–Crippen LogP) is 2.66. The lowest BCUT2D eigenvalue weighted by Gasteiger charge is -2.21. The smallest absolute Gasteiger partial charge is 0.243 e. The van der Waals surface area contributed by atoms with Crippen molar-refractivity contribution in [3.05, 3.63) is 35.9 Å². The molecule has 1 amide bonds. The van der Waals surface area contributed by atoms with Crippen LogP contribution in [0.1, 0.15) is 44.1 Å². The zero-order valence-corrected chi connectivity index (χ0v) is 15.6. The number of rotatable bonds is 6. The van der Waals surface area contributed by atoms with E-state index >= 15 is 0 Å². The molecule has 1 aliphatic heterocycles. The Morgan fingerprint density at radius 1 is 1.27 bits per heavy atom. The van der Waals surface area contributed by atoms with Crippen LogP contribution in [0.5, 0.6) is 17.2 Å². The molecule has 7 nitrogen and oxygen atoms in total. The van der Waals surface area contributed by atoms with Crippen molar-refractivity contribution in [1.82, 2.24) is 14.9 Å². The maximum Gasteiger partial charge on any atom is 0.243 e. The number of nitrogens with one attached hydrogen (secondary N) is 1. The average molecular weight is 359 g/mol. The Labute approximate surface area is 153 Å². The van der Waals surface area contributed by atoms with E-state index in [0.29, 0.717) is 37.0 Å². The van der Waals surface area contributed by atoms with Gasteiger partial charge < -0.3 is 24.1 Å². The highest BCUT2D eigenvalue weighted by atomic mass is 16.6. The first-order valence-electron chi connectivity index (χ1n) is 8.78. The topological polar surface area (TPSA) is 74.6 Å². The number of imidazole rings is 1. The second kappa shape index (κ2) is 7.68. The van der Waals surface area contributed by atoms with Gasteiger partial charge in [0, 0.05) is 36.5 Å². The normalized spacial score (nSPS) is 14.2. The van der Waals surface area contributed by atoms with Crippen LogP contribution in [0, 0.1) is 0 Å². The van der Waals surface area contributed by atoms with Gasteiger partial charge in [-0.3, -0.25) is 4.79 Å². The van der Waals surface area contributed by atoms with Gasteiger partial charge in [-0.05, 0) is 13.0 Å². The largest absolute Gasteiger partial charge is 0.496 e. The molecule has 1 N–H and O–H groups in total. The number of carbonyl (C=O) groups is 1. The van der Waals surface area contributed by atoms with Gasteiger partial charge in [-0.15, -0.1) is 0 Å². The number of hydrogen-bond donors (Lipinski definition) is 1. The van der Waals surface area contributed by atoms with Gasteiger partial charge in [-0.2, -0.15) is 0 Å². The Balaban J connectivity index is 1.72. The monoisotopic (exact) mass is 359 g/mol. The molecule has 1 aliphatic rings. The fourth-order valence-corrected chi connectivity index (χ4v) is 3.00. The highest BCUT2D eigenvalue weighted by molar-refractivity contribution is 5.80. The summed E-state index contributed by atoms with van der Waals surface area (Å²) < 4.78 is 18.5. The molecule has 0 radical (unpaired) electrons. The van der Waals surface area contributed by atoms with E-state index in [4.69, 9.17) is 14.2 Å². The van der Waals surface area contributed by atoms with Crippen LogP contribution in [-0.2, 0) is 11.3 Å². The van der Waals surface area contributed by atoms with E-state index in [2.05, 4.69) is 24.1 Å². The molecule has 0 fully saturated rings. The Hall–Kier alpha value is -2.70. The second-order valence-electron chi connectivity index (χ2n) is 6.55. The van der Waals surface area contributed by atoms with Crippen LogP contribution >= 0.6 is 0 Å². The van der Waals surface area contributed by atoms with Crippen LogP contribution in [0.2, 0.25) is 0 Å². The van der Waals surface area contributed by atoms with Crippen molar-refractivity contribution in [3.8, 4) is 17.2 Å². The molecule has 1 aromatic carbocycles. The van der Waals surface area contributed by atoms with Gasteiger partial charge in [0.05, 0.1) is 7.11 Å². The minimum Gasteiger partial charge on any atom is -0.496 e. The summed E-state index contributed by atoms with van der Waals surface area (Å²) in [7, 11) is 1.60. The number of nitrogens with zero attached hydrogens (tertiary/aromatic N) is 2. The molecule has 1 aromatic heterocycles. The van der Waals surface area contributed by atoms with Crippen LogP contribution in [0.25, 0.3) is 0 Å². The molecule has 0 saturated heterocycles. The molecule has 0 bridgehead atoms. The Morgan fingerprint density at radius 3 is 2.62 bits per heavy atom. The third kappa shape index (κ3) is 3.61. The highest BCUT2D eigenvalue weighted by Crippen LogP contribution is 2.36. The summed E-state index contributed by atoms with van der Waals surface area (Å²) in [5.41, 5.74) is 0.840. The maximum absolute atomic E-state index is 12.6. The number of hydrogen-bond acceptors (Lipinski definition) is 5. The summed E-state index contributed by atoms with van der Waals surface area (Å²) in [5.74, 6) is 3.06. The zero-order chi connectivity index (χ0) is 18.7. The highest BCUT2D eigenvalue weighted by Gasteiger charge is 2.21. The Morgan fingerprint density at radius 2 is 1.96 bits per heavy atom. The van der Waals surface area contributed by atoms with Crippen molar-refractivity contribution in [3.63, 3.8) is 0 Å². The standard InChI is InChI=1S/C19H25N3O4/c1-12(2)18-20-5-6-22(18)13(3)19(23)21-11-14-9-16-17(10-15(14)24-4)26-8-7-25-16/h5-6,9-10,12-13H,7-8,11H2,1-4H3,(H,21,23)/t13-/m1/s1. The second-order valence-corrected chi connectivity index (χ2v) is 6.55. The molecule has 2 heterocycles. The molecule has 2 aromatic rings. The number of fused-ring (bicyclic) bond motifs is 1. The minimum atomic E-state index is -0.349. The van der Waals surface area contributed by atoms with E-state index < -0.39 is 0 Å². The number of aromatic nitrogens is 2. The summed E-state index contributed by atoms with van der Waals surface area (Å²) in [6, 6.07) is 3.30. The molecular weight excluding hydrogens is 334 g/mol. The van der Waals surface area contributed by atoms with E-state index in [1.807, 2.05) is 23.8 Å². The third-order valence-electron chi connectivity index (χ3n) is 4.41. The molecule has 0 spiro atoms. The number of benzene rings is 1. The van der Waals surface area contributed by atoms with Gasteiger partial charge in [0.15, 0.2) is 11.5 Å². The fourth-order valence-electron chi connectivity index (χ4n) is 3.00. The van der Waals surface area contributed by atoms with Crippen molar-refractivity contribution in [2.45, 2.75) is 39.3 Å². The molecule has 1 atom stereocenters. The van der Waals surface area contributed by atoms with Gasteiger partial charge in [-0.25, -0.2) is 4.98 Å². The summed E-state index contributed by atoms with van der Waals surface area (Å²) in [6.45, 7) is 7.36. The summed E-state index contributed by atoms with van der Waals surface area (Å²) in [5, 5.41) is 2.97. The maximum atomic E-state index is 12.6. The summed E-state index contributed by atoms with van der Waals surface area (Å²) in [4.78, 5) is 17.0. The lowest BCUT2D eigenvalue weighted by Crippen LogP contribution is -2.31. The molecular formula is C19H25N3O4. The summed E-state index contributed by atoms with van der Waals surface area (Å²) in [6.07, 6.45) is 3.56. The van der Waals surface area contributed by atoms with Crippen LogP contribution in [-0.4, -0.2) is 35.8 Å².